The molecule has 0 radical (unpaired) electrons. The molecule has 2 aromatic rings. The minimum Gasteiger partial charge on any atom is -0.456 e. The zero-order valence-corrected chi connectivity index (χ0v) is 13.6. The molecule has 1 fully saturated rings. The van der Waals surface area contributed by atoms with E-state index < -0.39 is 0 Å². The first-order valence-corrected chi connectivity index (χ1v) is 8.17. The Labute approximate surface area is 135 Å². The van der Waals surface area contributed by atoms with E-state index in [4.69, 9.17) is 4.42 Å². The number of carbonyl (C=O) groups is 1. The van der Waals surface area contributed by atoms with E-state index in [2.05, 4.69) is 25.4 Å². The molecule has 23 heavy (non-hydrogen) atoms. The zero-order chi connectivity index (χ0) is 16.2. The van der Waals surface area contributed by atoms with Crippen LogP contribution in [0.2, 0.25) is 0 Å². The molecule has 1 saturated heterocycles. The van der Waals surface area contributed by atoms with Gasteiger partial charge in [-0.2, -0.15) is 5.10 Å². The highest BCUT2D eigenvalue weighted by molar-refractivity contribution is 5.92. The first kappa shape index (κ1) is 15.7. The summed E-state index contributed by atoms with van der Waals surface area (Å²) in [6.45, 7) is 7.01. The lowest BCUT2D eigenvalue weighted by Gasteiger charge is -2.13. The number of hydrogen-bond donors (Lipinski definition) is 2. The Morgan fingerprint density at radius 1 is 1.48 bits per heavy atom. The highest BCUT2D eigenvalue weighted by Gasteiger charge is 2.21. The Balaban J connectivity index is 1.69. The Morgan fingerprint density at radius 3 is 2.91 bits per heavy atom. The maximum Gasteiger partial charge on any atom is 0.287 e. The normalized spacial score (nSPS) is 16.6. The van der Waals surface area contributed by atoms with Gasteiger partial charge in [0.1, 0.15) is 17.9 Å². The summed E-state index contributed by atoms with van der Waals surface area (Å²) < 4.78 is 5.77. The number of hydrogen-bond acceptors (Lipinski definition) is 5. The van der Waals surface area contributed by atoms with Crippen LogP contribution in [0, 0.1) is 0 Å². The van der Waals surface area contributed by atoms with Crippen LogP contribution in [0.15, 0.2) is 16.8 Å². The number of aromatic nitrogens is 3. The Bertz CT molecular complexity index is 643. The molecule has 1 amide bonds. The number of carbonyl (C=O) groups excluding carboxylic acids is 1. The van der Waals surface area contributed by atoms with Gasteiger partial charge in [-0.25, -0.2) is 4.98 Å². The van der Waals surface area contributed by atoms with Crippen LogP contribution in [-0.4, -0.2) is 39.1 Å². The first-order valence-electron chi connectivity index (χ1n) is 8.17. The lowest BCUT2D eigenvalue weighted by atomic mass is 10.2. The molecule has 1 aliphatic heterocycles. The predicted molar refractivity (Wildman–Crippen MR) is 84.9 cm³/mol. The molecular formula is C16H23N5O2. The minimum absolute atomic E-state index is 0.226. The number of nitrogens with one attached hydrogen (secondary N) is 2. The SMILES string of the molecule is CCc1oc(C(=O)NC(C)c2ncn[nH]2)cc1CN1CCCC1. The number of nitrogens with zero attached hydrogens (tertiary/aromatic N) is 3. The van der Waals surface area contributed by atoms with Crippen molar-refractivity contribution < 1.29 is 9.21 Å². The second kappa shape index (κ2) is 6.95. The number of H-pyrrole nitrogens is 1. The summed E-state index contributed by atoms with van der Waals surface area (Å²) in [6.07, 6.45) is 4.71. The van der Waals surface area contributed by atoms with Crippen molar-refractivity contribution >= 4 is 5.91 Å². The van der Waals surface area contributed by atoms with E-state index in [9.17, 15) is 4.79 Å². The second-order valence-corrected chi connectivity index (χ2v) is 5.96. The van der Waals surface area contributed by atoms with Gasteiger partial charge in [0, 0.05) is 18.5 Å². The van der Waals surface area contributed by atoms with Gasteiger partial charge < -0.3 is 9.73 Å². The van der Waals surface area contributed by atoms with Crippen molar-refractivity contribution in [2.45, 2.75) is 45.7 Å². The van der Waals surface area contributed by atoms with Gasteiger partial charge in [-0.05, 0) is 38.9 Å². The van der Waals surface area contributed by atoms with Gasteiger partial charge in [-0.3, -0.25) is 14.8 Å². The molecule has 0 bridgehead atoms. The molecule has 1 aliphatic rings. The number of amides is 1. The van der Waals surface area contributed by atoms with Crippen molar-refractivity contribution in [2.75, 3.05) is 13.1 Å². The van der Waals surface area contributed by atoms with Gasteiger partial charge in [-0.1, -0.05) is 6.92 Å². The van der Waals surface area contributed by atoms with E-state index in [1.807, 2.05) is 19.9 Å². The molecular weight excluding hydrogens is 294 g/mol. The third-order valence-corrected chi connectivity index (χ3v) is 4.23. The second-order valence-electron chi connectivity index (χ2n) is 5.96. The molecule has 1 unspecified atom stereocenters. The molecule has 3 rings (SSSR count). The quantitative estimate of drug-likeness (QED) is 0.851. The monoisotopic (exact) mass is 317 g/mol. The van der Waals surface area contributed by atoms with Crippen molar-refractivity contribution in [1.29, 1.82) is 0 Å². The fourth-order valence-corrected chi connectivity index (χ4v) is 2.95. The minimum atomic E-state index is -0.248. The van der Waals surface area contributed by atoms with Gasteiger partial charge in [0.2, 0.25) is 0 Å². The average Bonchev–Trinajstić information content (AvgIpc) is 3.29. The molecule has 0 aromatic carbocycles. The van der Waals surface area contributed by atoms with E-state index in [1.165, 1.54) is 19.2 Å². The van der Waals surface area contributed by atoms with Crippen LogP contribution in [0.3, 0.4) is 0 Å². The zero-order valence-electron chi connectivity index (χ0n) is 13.6. The molecule has 2 aromatic heterocycles. The number of furan rings is 1. The van der Waals surface area contributed by atoms with Crippen LogP contribution < -0.4 is 5.32 Å². The van der Waals surface area contributed by atoms with Crippen molar-refractivity contribution in [3.8, 4) is 0 Å². The van der Waals surface area contributed by atoms with Crippen LogP contribution in [0.5, 0.6) is 0 Å². The standard InChI is InChI=1S/C16H23N5O2/c1-3-13-12(9-21-6-4-5-7-21)8-14(23-13)16(22)19-11(2)15-17-10-18-20-15/h8,10-11H,3-7,9H2,1-2H3,(H,19,22)(H,17,18,20). The number of rotatable bonds is 6. The summed E-state index contributed by atoms with van der Waals surface area (Å²) in [4.78, 5) is 18.8. The number of aromatic amines is 1. The molecule has 1 atom stereocenters. The highest BCUT2D eigenvalue weighted by atomic mass is 16.4. The molecule has 0 spiro atoms. The van der Waals surface area contributed by atoms with Gasteiger partial charge >= 0.3 is 0 Å². The van der Waals surface area contributed by atoms with Gasteiger partial charge in [0.15, 0.2) is 5.76 Å². The van der Waals surface area contributed by atoms with E-state index >= 15 is 0 Å². The maximum atomic E-state index is 12.4. The average molecular weight is 317 g/mol. The number of likely N-dealkylation sites (tertiary alicyclic amines) is 1. The molecule has 0 saturated carbocycles. The van der Waals surface area contributed by atoms with E-state index in [0.717, 1.165) is 37.4 Å². The van der Waals surface area contributed by atoms with Gasteiger partial charge in [-0.15, -0.1) is 0 Å². The molecule has 3 heterocycles. The summed E-state index contributed by atoms with van der Waals surface area (Å²) in [6, 6.07) is 1.63. The maximum absolute atomic E-state index is 12.4. The topological polar surface area (TPSA) is 87.0 Å². The number of aryl methyl sites for hydroxylation is 1. The molecule has 7 heteroatoms. The van der Waals surface area contributed by atoms with Crippen LogP contribution >= 0.6 is 0 Å². The van der Waals surface area contributed by atoms with Crippen molar-refractivity contribution in [2.24, 2.45) is 0 Å². The van der Waals surface area contributed by atoms with Gasteiger partial charge in [0.25, 0.3) is 5.91 Å². The lowest BCUT2D eigenvalue weighted by Crippen LogP contribution is -2.27. The largest absolute Gasteiger partial charge is 0.456 e. The van der Waals surface area contributed by atoms with Crippen molar-refractivity contribution in [1.82, 2.24) is 25.4 Å². The lowest BCUT2D eigenvalue weighted by molar-refractivity contribution is 0.0908. The summed E-state index contributed by atoms with van der Waals surface area (Å²) in [7, 11) is 0. The highest BCUT2D eigenvalue weighted by Crippen LogP contribution is 2.21. The van der Waals surface area contributed by atoms with E-state index in [0.29, 0.717) is 11.6 Å². The van der Waals surface area contributed by atoms with E-state index in [-0.39, 0.29) is 11.9 Å². The van der Waals surface area contributed by atoms with Gasteiger partial charge in [0.05, 0.1) is 6.04 Å². The molecule has 0 aliphatic carbocycles. The smallest absolute Gasteiger partial charge is 0.287 e. The summed E-state index contributed by atoms with van der Waals surface area (Å²) in [5.74, 6) is 1.66. The van der Waals surface area contributed by atoms with Crippen LogP contribution in [0.1, 0.15) is 60.4 Å². The first-order chi connectivity index (χ1) is 11.2. The molecule has 7 nitrogen and oxygen atoms in total. The Morgan fingerprint density at radius 2 is 2.26 bits per heavy atom. The summed E-state index contributed by atoms with van der Waals surface area (Å²) >= 11 is 0. The summed E-state index contributed by atoms with van der Waals surface area (Å²) in [5.41, 5.74) is 1.12. The van der Waals surface area contributed by atoms with E-state index in [1.54, 1.807) is 0 Å². The van der Waals surface area contributed by atoms with Crippen molar-refractivity contribution in [3.05, 3.63) is 35.3 Å². The third-order valence-electron chi connectivity index (χ3n) is 4.23. The fourth-order valence-electron chi connectivity index (χ4n) is 2.95. The fraction of sp³-hybridized carbons (Fsp3) is 0.562. The van der Waals surface area contributed by atoms with Crippen LogP contribution in [0.25, 0.3) is 0 Å². The van der Waals surface area contributed by atoms with Crippen LogP contribution in [0.4, 0.5) is 0 Å². The van der Waals surface area contributed by atoms with Crippen molar-refractivity contribution in [3.63, 3.8) is 0 Å². The van der Waals surface area contributed by atoms with Crippen LogP contribution in [-0.2, 0) is 13.0 Å². The Kier molecular flexibility index (Phi) is 4.76. The predicted octanol–water partition coefficient (Wildman–Crippen LogP) is 2.05. The third kappa shape index (κ3) is 3.61. The molecule has 2 N–H and O–H groups in total. The Hall–Kier alpha value is -2.15. The molecule has 124 valence electrons. The summed E-state index contributed by atoms with van der Waals surface area (Å²) in [5, 5.41) is 9.43.